The Labute approximate surface area is 125 Å². The van der Waals surface area contributed by atoms with Gasteiger partial charge in [-0.15, -0.1) is 0 Å². The van der Waals surface area contributed by atoms with Crippen molar-refractivity contribution in [2.45, 2.75) is 20.0 Å². The van der Waals surface area contributed by atoms with Crippen molar-refractivity contribution in [1.29, 1.82) is 0 Å². The molecule has 20 heavy (non-hydrogen) atoms. The molecule has 0 fully saturated rings. The zero-order valence-electron chi connectivity index (χ0n) is 11.6. The molecule has 0 amide bonds. The molecule has 2 rings (SSSR count). The highest BCUT2D eigenvalue weighted by Gasteiger charge is 2.03. The molecule has 0 saturated carbocycles. The smallest absolute Gasteiger partial charge is 0.0646 e. The third-order valence-electron chi connectivity index (χ3n) is 3.23. The Morgan fingerprint density at radius 3 is 1.90 bits per heavy atom. The maximum Gasteiger partial charge on any atom is 0.0646 e. The Bertz CT molecular complexity index is 615. The minimum Gasteiger partial charge on any atom is -0.392 e. The molecule has 0 heterocycles. The van der Waals surface area contributed by atoms with Crippen LogP contribution in [0.5, 0.6) is 0 Å². The lowest BCUT2D eigenvalue weighted by Gasteiger charge is -2.05. The number of aliphatic hydroxyl groups is 1. The van der Waals surface area contributed by atoms with E-state index in [2.05, 4.69) is 11.8 Å². The molecule has 1 nitrogen and oxygen atoms in total. The van der Waals surface area contributed by atoms with Crippen LogP contribution in [0.2, 0.25) is 5.02 Å². The van der Waals surface area contributed by atoms with Gasteiger partial charge in [-0.1, -0.05) is 47.7 Å². The number of hydrogen-bond acceptors (Lipinski definition) is 1. The molecule has 1 N–H and O–H groups in total. The number of hydrogen-bond donors (Lipinski definition) is 1. The molecule has 0 aromatic heterocycles. The van der Waals surface area contributed by atoms with Crippen molar-refractivity contribution in [2.75, 3.05) is 0 Å². The summed E-state index contributed by atoms with van der Waals surface area (Å²) in [7, 11) is 0. The summed E-state index contributed by atoms with van der Waals surface area (Å²) in [6, 6.07) is 15.8. The van der Waals surface area contributed by atoms with E-state index in [4.69, 9.17) is 11.6 Å². The van der Waals surface area contributed by atoms with Crippen molar-refractivity contribution in [3.63, 3.8) is 0 Å². The number of aliphatic hydroxyl groups excluding tert-OH is 1. The third kappa shape index (κ3) is 3.87. The fourth-order valence-electron chi connectivity index (χ4n) is 1.71. The summed E-state index contributed by atoms with van der Waals surface area (Å²) in [5.74, 6) is 6.11. The molecule has 0 bridgehead atoms. The van der Waals surface area contributed by atoms with E-state index in [1.165, 1.54) is 0 Å². The van der Waals surface area contributed by atoms with E-state index >= 15 is 0 Å². The van der Waals surface area contributed by atoms with Crippen LogP contribution in [-0.2, 0) is 0 Å². The van der Waals surface area contributed by atoms with Gasteiger partial charge in [-0.3, -0.25) is 0 Å². The molecular weight excluding hydrogens is 268 g/mol. The Balaban J connectivity index is 2.16. The molecule has 2 aromatic rings. The van der Waals surface area contributed by atoms with Crippen LogP contribution in [0, 0.1) is 17.8 Å². The zero-order chi connectivity index (χ0) is 14.5. The van der Waals surface area contributed by atoms with Crippen molar-refractivity contribution in [1.82, 2.24) is 0 Å². The second-order valence-corrected chi connectivity index (χ2v) is 5.32. The molecule has 0 aliphatic heterocycles. The first kappa shape index (κ1) is 14.7. The lowest BCUT2D eigenvalue weighted by atomic mass is 10.0. The van der Waals surface area contributed by atoms with Crippen LogP contribution < -0.4 is 0 Å². The highest BCUT2D eigenvalue weighted by atomic mass is 35.5. The largest absolute Gasteiger partial charge is 0.392 e. The molecular formula is C18H17ClO. The van der Waals surface area contributed by atoms with E-state index in [-0.39, 0.29) is 5.92 Å². The van der Waals surface area contributed by atoms with Gasteiger partial charge in [-0.05, 0) is 49.2 Å². The molecule has 0 radical (unpaired) electrons. The summed E-state index contributed by atoms with van der Waals surface area (Å²) < 4.78 is 0. The van der Waals surface area contributed by atoms with Gasteiger partial charge in [0.25, 0.3) is 0 Å². The van der Waals surface area contributed by atoms with E-state index in [0.717, 1.165) is 21.7 Å². The monoisotopic (exact) mass is 284 g/mol. The van der Waals surface area contributed by atoms with Crippen LogP contribution in [0.1, 0.15) is 19.4 Å². The fraction of sp³-hybridized carbons (Fsp3) is 0.222. The third-order valence-corrected chi connectivity index (χ3v) is 3.48. The summed E-state index contributed by atoms with van der Waals surface area (Å²) in [5, 5.41) is 10.1. The summed E-state index contributed by atoms with van der Waals surface area (Å²) in [6.07, 6.45) is -0.407. The van der Waals surface area contributed by atoms with Crippen molar-refractivity contribution in [3.05, 3.63) is 59.1 Å². The maximum absolute atomic E-state index is 9.40. The van der Waals surface area contributed by atoms with Gasteiger partial charge >= 0.3 is 0 Å². The second kappa shape index (κ2) is 6.61. The van der Waals surface area contributed by atoms with E-state index < -0.39 is 6.10 Å². The highest BCUT2D eigenvalue weighted by Crippen LogP contribution is 2.21. The van der Waals surface area contributed by atoms with Gasteiger partial charge in [-0.2, -0.15) is 0 Å². The van der Waals surface area contributed by atoms with E-state index in [1.807, 2.05) is 55.5 Å². The first-order valence-corrected chi connectivity index (χ1v) is 6.99. The average molecular weight is 285 g/mol. The van der Waals surface area contributed by atoms with Crippen LogP contribution in [0.4, 0.5) is 0 Å². The zero-order valence-corrected chi connectivity index (χ0v) is 12.4. The van der Waals surface area contributed by atoms with Crippen molar-refractivity contribution < 1.29 is 5.11 Å². The standard InChI is InChI=1S/C18H17ClO/c1-13(14(2)20)3-4-15-5-7-16(8-6-15)17-9-11-18(19)12-10-17/h5-14,20H,1-2H3. The summed E-state index contributed by atoms with van der Waals surface area (Å²) in [6.45, 7) is 3.67. The molecule has 0 aliphatic carbocycles. The number of benzene rings is 2. The van der Waals surface area contributed by atoms with Gasteiger partial charge < -0.3 is 5.11 Å². The predicted octanol–water partition coefficient (Wildman–Crippen LogP) is 4.38. The molecule has 2 atom stereocenters. The van der Waals surface area contributed by atoms with Crippen molar-refractivity contribution >= 4 is 11.6 Å². The van der Waals surface area contributed by atoms with Gasteiger partial charge in [0.05, 0.1) is 6.10 Å². The molecule has 0 aliphatic rings. The first-order valence-electron chi connectivity index (χ1n) is 6.62. The average Bonchev–Trinajstić information content (AvgIpc) is 2.46. The maximum atomic E-state index is 9.40. The van der Waals surface area contributed by atoms with Gasteiger partial charge in [-0.25, -0.2) is 0 Å². The molecule has 2 unspecified atom stereocenters. The molecule has 2 aromatic carbocycles. The van der Waals surface area contributed by atoms with Crippen LogP contribution in [0.3, 0.4) is 0 Å². The fourth-order valence-corrected chi connectivity index (χ4v) is 1.83. The predicted molar refractivity (Wildman–Crippen MR) is 84.6 cm³/mol. The van der Waals surface area contributed by atoms with Gasteiger partial charge in [0.15, 0.2) is 0 Å². The Morgan fingerprint density at radius 1 is 0.900 bits per heavy atom. The number of halogens is 1. The molecule has 0 spiro atoms. The Morgan fingerprint density at radius 2 is 1.40 bits per heavy atom. The minimum absolute atomic E-state index is 0.0223. The SMILES string of the molecule is CC(O)C(C)C#Cc1ccc(-c2ccc(Cl)cc2)cc1. The highest BCUT2D eigenvalue weighted by molar-refractivity contribution is 6.30. The Hall–Kier alpha value is -1.75. The van der Waals surface area contributed by atoms with Gasteiger partial charge in [0.2, 0.25) is 0 Å². The second-order valence-electron chi connectivity index (χ2n) is 4.88. The van der Waals surface area contributed by atoms with E-state index in [1.54, 1.807) is 6.92 Å². The first-order chi connectivity index (χ1) is 9.56. The topological polar surface area (TPSA) is 20.2 Å². The van der Waals surface area contributed by atoms with E-state index in [0.29, 0.717) is 0 Å². The summed E-state index contributed by atoms with van der Waals surface area (Å²) in [4.78, 5) is 0. The summed E-state index contributed by atoms with van der Waals surface area (Å²) >= 11 is 5.88. The number of rotatable bonds is 2. The quantitative estimate of drug-likeness (QED) is 0.812. The molecule has 2 heteroatoms. The van der Waals surface area contributed by atoms with Crippen LogP contribution in [0.25, 0.3) is 11.1 Å². The van der Waals surface area contributed by atoms with Crippen molar-refractivity contribution in [2.24, 2.45) is 5.92 Å². The normalized spacial score (nSPS) is 13.2. The molecule has 0 saturated heterocycles. The van der Waals surface area contributed by atoms with Crippen LogP contribution >= 0.6 is 11.6 Å². The summed E-state index contributed by atoms with van der Waals surface area (Å²) in [5.41, 5.74) is 3.22. The van der Waals surface area contributed by atoms with Crippen LogP contribution in [-0.4, -0.2) is 11.2 Å². The van der Waals surface area contributed by atoms with Crippen molar-refractivity contribution in [3.8, 4) is 23.0 Å². The molecule has 102 valence electrons. The minimum atomic E-state index is -0.407. The van der Waals surface area contributed by atoms with Gasteiger partial charge in [0.1, 0.15) is 0 Å². The van der Waals surface area contributed by atoms with Crippen LogP contribution in [0.15, 0.2) is 48.5 Å². The Kier molecular flexibility index (Phi) is 4.84. The van der Waals surface area contributed by atoms with Gasteiger partial charge in [0, 0.05) is 16.5 Å². The van der Waals surface area contributed by atoms with E-state index in [9.17, 15) is 5.11 Å². The lowest BCUT2D eigenvalue weighted by molar-refractivity contribution is 0.161. The lowest BCUT2D eigenvalue weighted by Crippen LogP contribution is -2.10.